The molecule has 0 amide bonds. The summed E-state index contributed by atoms with van der Waals surface area (Å²) >= 11 is 0. The van der Waals surface area contributed by atoms with E-state index in [1.165, 1.54) is 38.8 Å². The maximum atomic E-state index is 6.02. The van der Waals surface area contributed by atoms with Crippen molar-refractivity contribution in [2.24, 2.45) is 11.7 Å². The lowest BCUT2D eigenvalue weighted by Crippen LogP contribution is -2.37. The van der Waals surface area contributed by atoms with Crippen molar-refractivity contribution in [1.82, 2.24) is 4.90 Å². The molecule has 2 nitrogen and oxygen atoms in total. The molecule has 11 heavy (non-hydrogen) atoms. The van der Waals surface area contributed by atoms with E-state index in [2.05, 4.69) is 4.90 Å². The summed E-state index contributed by atoms with van der Waals surface area (Å²) in [5.41, 5.74) is 6.02. The summed E-state index contributed by atoms with van der Waals surface area (Å²) in [5.74, 6) is 0.871. The van der Waals surface area contributed by atoms with Gasteiger partial charge in [-0.3, -0.25) is 0 Å². The highest BCUT2D eigenvalue weighted by Gasteiger charge is 2.29. The second kappa shape index (κ2) is 3.11. The van der Waals surface area contributed by atoms with Gasteiger partial charge in [-0.1, -0.05) is 0 Å². The molecular weight excluding hydrogens is 136 g/mol. The Hall–Kier alpha value is -0.0800. The predicted octanol–water partition coefficient (Wildman–Crippen LogP) is 0.819. The number of nitrogens with zero attached hydrogens (tertiary/aromatic N) is 1. The van der Waals surface area contributed by atoms with Crippen LogP contribution < -0.4 is 5.73 Å². The molecule has 1 saturated carbocycles. The zero-order chi connectivity index (χ0) is 7.68. The first-order valence-corrected chi connectivity index (χ1v) is 4.84. The van der Waals surface area contributed by atoms with Gasteiger partial charge in [-0.25, -0.2) is 0 Å². The molecule has 1 atom stereocenters. The minimum absolute atomic E-state index is 0.480. The standard InChI is InChI=1S/C9H18N2/c10-9(8-3-4-8)7-11-5-1-2-6-11/h8-9H,1-7,10H2. The van der Waals surface area contributed by atoms with E-state index in [1.54, 1.807) is 0 Å². The second-order valence-corrected chi connectivity index (χ2v) is 4.01. The van der Waals surface area contributed by atoms with E-state index >= 15 is 0 Å². The zero-order valence-electron chi connectivity index (χ0n) is 7.13. The van der Waals surface area contributed by atoms with Gasteiger partial charge < -0.3 is 10.6 Å². The van der Waals surface area contributed by atoms with Crippen molar-refractivity contribution in [2.75, 3.05) is 19.6 Å². The van der Waals surface area contributed by atoms with Gasteiger partial charge in [0.2, 0.25) is 0 Å². The van der Waals surface area contributed by atoms with Gasteiger partial charge >= 0.3 is 0 Å². The van der Waals surface area contributed by atoms with Crippen molar-refractivity contribution in [2.45, 2.75) is 31.7 Å². The normalized spacial score (nSPS) is 29.2. The fraction of sp³-hybridized carbons (Fsp3) is 1.00. The Labute approximate surface area is 68.7 Å². The van der Waals surface area contributed by atoms with Crippen molar-refractivity contribution in [3.63, 3.8) is 0 Å². The lowest BCUT2D eigenvalue weighted by Gasteiger charge is -2.19. The Morgan fingerprint density at radius 3 is 2.45 bits per heavy atom. The average molecular weight is 154 g/mol. The minimum atomic E-state index is 0.480. The Bertz CT molecular complexity index is 126. The third-order valence-corrected chi connectivity index (χ3v) is 2.90. The molecular formula is C9H18N2. The number of likely N-dealkylation sites (tertiary alicyclic amines) is 1. The summed E-state index contributed by atoms with van der Waals surface area (Å²) in [4.78, 5) is 2.52. The van der Waals surface area contributed by atoms with Crippen molar-refractivity contribution < 1.29 is 0 Å². The van der Waals surface area contributed by atoms with Crippen molar-refractivity contribution in [3.8, 4) is 0 Å². The van der Waals surface area contributed by atoms with Gasteiger partial charge in [0.25, 0.3) is 0 Å². The smallest absolute Gasteiger partial charge is 0.0196 e. The molecule has 0 spiro atoms. The largest absolute Gasteiger partial charge is 0.326 e. The molecule has 2 rings (SSSR count). The van der Waals surface area contributed by atoms with Gasteiger partial charge in [-0.2, -0.15) is 0 Å². The van der Waals surface area contributed by atoms with Crippen LogP contribution in [-0.2, 0) is 0 Å². The summed E-state index contributed by atoms with van der Waals surface area (Å²) in [6, 6.07) is 0.480. The SMILES string of the molecule is NC(CN1CCCC1)C1CC1. The second-order valence-electron chi connectivity index (χ2n) is 4.01. The van der Waals surface area contributed by atoms with E-state index in [9.17, 15) is 0 Å². The van der Waals surface area contributed by atoms with Crippen molar-refractivity contribution >= 4 is 0 Å². The summed E-state index contributed by atoms with van der Waals surface area (Å²) in [6.07, 6.45) is 5.54. The van der Waals surface area contributed by atoms with Gasteiger partial charge in [-0.15, -0.1) is 0 Å². The number of rotatable bonds is 3. The van der Waals surface area contributed by atoms with Crippen molar-refractivity contribution in [1.29, 1.82) is 0 Å². The fourth-order valence-electron chi connectivity index (χ4n) is 1.94. The van der Waals surface area contributed by atoms with Gasteiger partial charge in [0.15, 0.2) is 0 Å². The molecule has 0 bridgehead atoms. The molecule has 1 heterocycles. The summed E-state index contributed by atoms with van der Waals surface area (Å²) in [6.45, 7) is 3.74. The van der Waals surface area contributed by atoms with E-state index in [1.807, 2.05) is 0 Å². The Kier molecular flexibility index (Phi) is 2.14. The van der Waals surface area contributed by atoms with Gasteiger partial charge in [0.1, 0.15) is 0 Å². The van der Waals surface area contributed by atoms with Crippen LogP contribution in [0.3, 0.4) is 0 Å². The van der Waals surface area contributed by atoms with E-state index in [-0.39, 0.29) is 0 Å². The van der Waals surface area contributed by atoms with E-state index in [0.717, 1.165) is 12.5 Å². The third-order valence-electron chi connectivity index (χ3n) is 2.90. The topological polar surface area (TPSA) is 29.3 Å². The number of hydrogen-bond donors (Lipinski definition) is 1. The fourth-order valence-corrected chi connectivity index (χ4v) is 1.94. The van der Waals surface area contributed by atoms with E-state index in [4.69, 9.17) is 5.73 Å². The first kappa shape index (κ1) is 7.56. The average Bonchev–Trinajstić information content (AvgIpc) is 2.73. The van der Waals surface area contributed by atoms with Crippen LogP contribution in [0.2, 0.25) is 0 Å². The highest BCUT2D eigenvalue weighted by atomic mass is 15.1. The van der Waals surface area contributed by atoms with Crippen LogP contribution >= 0.6 is 0 Å². The highest BCUT2D eigenvalue weighted by Crippen LogP contribution is 2.32. The highest BCUT2D eigenvalue weighted by molar-refractivity contribution is 4.86. The molecule has 2 fully saturated rings. The quantitative estimate of drug-likeness (QED) is 0.652. The molecule has 0 radical (unpaired) electrons. The summed E-state index contributed by atoms with van der Waals surface area (Å²) in [5, 5.41) is 0. The molecule has 0 aromatic heterocycles. The lowest BCUT2D eigenvalue weighted by atomic mass is 10.2. The van der Waals surface area contributed by atoms with Gasteiger partial charge in [0.05, 0.1) is 0 Å². The molecule has 2 heteroatoms. The maximum absolute atomic E-state index is 6.02. The Morgan fingerprint density at radius 1 is 1.27 bits per heavy atom. The zero-order valence-corrected chi connectivity index (χ0v) is 7.13. The Balaban J connectivity index is 1.70. The molecule has 2 N–H and O–H groups in total. The predicted molar refractivity (Wildman–Crippen MR) is 46.4 cm³/mol. The summed E-state index contributed by atoms with van der Waals surface area (Å²) < 4.78 is 0. The molecule has 1 unspecified atom stereocenters. The molecule has 64 valence electrons. The first-order chi connectivity index (χ1) is 5.36. The molecule has 1 aliphatic carbocycles. The van der Waals surface area contributed by atoms with E-state index < -0.39 is 0 Å². The minimum Gasteiger partial charge on any atom is -0.326 e. The lowest BCUT2D eigenvalue weighted by molar-refractivity contribution is 0.302. The first-order valence-electron chi connectivity index (χ1n) is 4.84. The maximum Gasteiger partial charge on any atom is 0.0196 e. The molecule has 2 aliphatic rings. The summed E-state index contributed by atoms with van der Waals surface area (Å²) in [7, 11) is 0. The number of nitrogens with two attached hydrogens (primary N) is 1. The van der Waals surface area contributed by atoms with Crippen LogP contribution in [0.1, 0.15) is 25.7 Å². The monoisotopic (exact) mass is 154 g/mol. The van der Waals surface area contributed by atoms with Crippen LogP contribution in [0.4, 0.5) is 0 Å². The van der Waals surface area contributed by atoms with Crippen LogP contribution in [0.5, 0.6) is 0 Å². The van der Waals surface area contributed by atoms with Crippen LogP contribution in [0.25, 0.3) is 0 Å². The molecule has 0 aromatic rings. The molecule has 0 aromatic carbocycles. The van der Waals surface area contributed by atoms with E-state index in [0.29, 0.717) is 6.04 Å². The van der Waals surface area contributed by atoms with Crippen LogP contribution in [0.15, 0.2) is 0 Å². The van der Waals surface area contributed by atoms with Gasteiger partial charge in [0, 0.05) is 12.6 Å². The van der Waals surface area contributed by atoms with Crippen LogP contribution in [-0.4, -0.2) is 30.6 Å². The van der Waals surface area contributed by atoms with Crippen LogP contribution in [0, 0.1) is 5.92 Å². The van der Waals surface area contributed by atoms with Crippen molar-refractivity contribution in [3.05, 3.63) is 0 Å². The number of hydrogen-bond acceptors (Lipinski definition) is 2. The Morgan fingerprint density at radius 2 is 1.91 bits per heavy atom. The molecule has 1 aliphatic heterocycles. The van der Waals surface area contributed by atoms with Gasteiger partial charge in [-0.05, 0) is 44.7 Å². The molecule has 1 saturated heterocycles. The third kappa shape index (κ3) is 1.94.